The molecule has 1 aliphatic carbocycles. The van der Waals surface area contributed by atoms with Crippen LogP contribution in [-0.2, 0) is 19.7 Å². The lowest BCUT2D eigenvalue weighted by Gasteiger charge is -2.31. The van der Waals surface area contributed by atoms with Gasteiger partial charge in [-0.05, 0) is 30.5 Å². The molecule has 3 nitrogen and oxygen atoms in total. The van der Waals surface area contributed by atoms with Gasteiger partial charge in [-0.2, -0.15) is 0 Å². The normalized spacial score (nSPS) is 21.0. The maximum Gasteiger partial charge on any atom is 0.305 e. The molecule has 0 bridgehead atoms. The minimum Gasteiger partial charge on any atom is -0.464 e. The van der Waals surface area contributed by atoms with Crippen LogP contribution in [0.5, 0.6) is 0 Å². The Hall–Kier alpha value is -1.61. The van der Waals surface area contributed by atoms with Crippen LogP contribution in [0, 0.1) is 0 Å². The highest BCUT2D eigenvalue weighted by Gasteiger charge is 2.43. The van der Waals surface area contributed by atoms with Crippen molar-refractivity contribution in [3.63, 3.8) is 0 Å². The van der Waals surface area contributed by atoms with Crippen molar-refractivity contribution in [1.29, 1.82) is 0 Å². The molecule has 0 aliphatic heterocycles. The number of carbonyl (C=O) groups is 1. The molecule has 1 aromatic rings. The Morgan fingerprint density at radius 3 is 2.55 bits per heavy atom. The van der Waals surface area contributed by atoms with E-state index in [2.05, 4.69) is 26.0 Å². The molecule has 0 radical (unpaired) electrons. The predicted octanol–water partition coefficient (Wildman–Crippen LogP) is 3.33. The summed E-state index contributed by atoms with van der Waals surface area (Å²) >= 11 is 0. The van der Waals surface area contributed by atoms with Gasteiger partial charge in [0.15, 0.2) is 0 Å². The van der Waals surface area contributed by atoms with Crippen LogP contribution < -0.4 is 0 Å². The van der Waals surface area contributed by atoms with Gasteiger partial charge in [-0.3, -0.25) is 4.79 Å². The number of esters is 1. The molecule has 0 amide bonds. The Bertz CT molecular complexity index is 545. The molecule has 1 aromatic carbocycles. The molecular weight excluding hydrogens is 252 g/mol. The van der Waals surface area contributed by atoms with Gasteiger partial charge in [0.2, 0.25) is 0 Å². The number of hydrogen-bond donors (Lipinski definition) is 0. The molecule has 108 valence electrons. The molecular formula is C17H22O3. The van der Waals surface area contributed by atoms with E-state index in [1.807, 2.05) is 19.1 Å². The van der Waals surface area contributed by atoms with Crippen LogP contribution in [0.3, 0.4) is 0 Å². The van der Waals surface area contributed by atoms with E-state index in [0.29, 0.717) is 19.6 Å². The summed E-state index contributed by atoms with van der Waals surface area (Å²) in [7, 11) is 1.69. The zero-order valence-electron chi connectivity index (χ0n) is 12.7. The van der Waals surface area contributed by atoms with Gasteiger partial charge >= 0.3 is 5.97 Å². The molecule has 0 saturated heterocycles. The van der Waals surface area contributed by atoms with Crippen molar-refractivity contribution in [2.75, 3.05) is 20.3 Å². The zero-order chi connectivity index (χ0) is 14.8. The molecule has 20 heavy (non-hydrogen) atoms. The summed E-state index contributed by atoms with van der Waals surface area (Å²) in [6, 6.07) is 8.29. The van der Waals surface area contributed by atoms with Crippen molar-refractivity contribution >= 4 is 11.5 Å². The van der Waals surface area contributed by atoms with E-state index in [1.165, 1.54) is 22.3 Å². The fourth-order valence-corrected chi connectivity index (χ4v) is 2.96. The Morgan fingerprint density at radius 1 is 1.20 bits per heavy atom. The molecule has 0 aromatic heterocycles. The number of carbonyl (C=O) groups excluding carboxylic acids is 1. The molecule has 0 spiro atoms. The molecule has 2 rings (SSSR count). The highest BCUT2D eigenvalue weighted by molar-refractivity contribution is 5.79. The Balaban J connectivity index is 2.44. The Morgan fingerprint density at radius 2 is 1.90 bits per heavy atom. The van der Waals surface area contributed by atoms with Crippen molar-refractivity contribution in [3.05, 3.63) is 41.0 Å². The summed E-state index contributed by atoms with van der Waals surface area (Å²) in [5, 5.41) is 0. The number of allylic oxidation sites excluding steroid dienone is 1. The molecule has 0 fully saturated rings. The van der Waals surface area contributed by atoms with Gasteiger partial charge in [0, 0.05) is 13.5 Å². The summed E-state index contributed by atoms with van der Waals surface area (Å²) in [6.07, 6.45) is 0.395. The minimum absolute atomic E-state index is 0.171. The van der Waals surface area contributed by atoms with Gasteiger partial charge in [-0.1, -0.05) is 36.8 Å². The van der Waals surface area contributed by atoms with Crippen LogP contribution in [0.2, 0.25) is 0 Å². The van der Waals surface area contributed by atoms with Crippen molar-refractivity contribution in [2.45, 2.75) is 32.6 Å². The van der Waals surface area contributed by atoms with Crippen LogP contribution >= 0.6 is 0 Å². The number of hydrogen-bond acceptors (Lipinski definition) is 3. The molecule has 3 heteroatoms. The molecule has 0 heterocycles. The third-order valence-corrected chi connectivity index (χ3v) is 4.29. The predicted molar refractivity (Wildman–Crippen MR) is 79.5 cm³/mol. The van der Waals surface area contributed by atoms with Gasteiger partial charge in [0.1, 0.15) is 6.61 Å². The molecule has 1 atom stereocenters. The first-order valence-corrected chi connectivity index (χ1v) is 6.99. The third-order valence-electron chi connectivity index (χ3n) is 4.29. The second kappa shape index (κ2) is 5.80. The number of methoxy groups -OCH3 is 1. The Kier molecular flexibility index (Phi) is 4.29. The summed E-state index contributed by atoms with van der Waals surface area (Å²) in [6.45, 7) is 6.89. The fraction of sp³-hybridized carbons (Fsp3) is 0.471. The first kappa shape index (κ1) is 14.8. The average Bonchev–Trinajstić information content (AvgIpc) is 2.68. The van der Waals surface area contributed by atoms with E-state index in [-0.39, 0.29) is 11.4 Å². The lowest BCUT2D eigenvalue weighted by molar-refractivity contribution is -0.145. The van der Waals surface area contributed by atoms with E-state index in [1.54, 1.807) is 7.11 Å². The van der Waals surface area contributed by atoms with Crippen LogP contribution in [0.1, 0.15) is 38.3 Å². The van der Waals surface area contributed by atoms with Gasteiger partial charge in [-0.15, -0.1) is 0 Å². The maximum absolute atomic E-state index is 11.5. The average molecular weight is 274 g/mol. The second-order valence-corrected chi connectivity index (χ2v) is 5.32. The number of fused-ring (bicyclic) bond motifs is 1. The number of rotatable bonds is 5. The second-order valence-electron chi connectivity index (χ2n) is 5.32. The summed E-state index contributed by atoms with van der Waals surface area (Å²) in [4.78, 5) is 11.5. The van der Waals surface area contributed by atoms with E-state index in [4.69, 9.17) is 9.47 Å². The third kappa shape index (κ3) is 2.27. The van der Waals surface area contributed by atoms with Crippen LogP contribution in [0.25, 0.3) is 5.57 Å². The van der Waals surface area contributed by atoms with Gasteiger partial charge < -0.3 is 9.47 Å². The van der Waals surface area contributed by atoms with Gasteiger partial charge in [0.25, 0.3) is 0 Å². The molecule has 1 unspecified atom stereocenters. The van der Waals surface area contributed by atoms with Crippen LogP contribution in [-0.4, -0.2) is 26.3 Å². The lowest BCUT2D eigenvalue weighted by atomic mass is 9.79. The van der Waals surface area contributed by atoms with E-state index >= 15 is 0 Å². The quantitative estimate of drug-likeness (QED) is 0.773. The van der Waals surface area contributed by atoms with Crippen LogP contribution in [0.15, 0.2) is 29.8 Å². The summed E-state index contributed by atoms with van der Waals surface area (Å²) in [5.74, 6) is -0.171. The van der Waals surface area contributed by atoms with Crippen LogP contribution in [0.4, 0.5) is 0 Å². The summed E-state index contributed by atoms with van der Waals surface area (Å²) < 4.78 is 10.9. The standard InChI is InChI=1S/C17H22O3/c1-5-16(18)20-11-17(10-19-4)13(3)12(2)14-8-6-7-9-15(14)17/h6-9H,5,10-11H2,1-4H3. The zero-order valence-corrected chi connectivity index (χ0v) is 12.7. The lowest BCUT2D eigenvalue weighted by Crippen LogP contribution is -2.37. The largest absolute Gasteiger partial charge is 0.464 e. The maximum atomic E-state index is 11.5. The molecule has 0 N–H and O–H groups in total. The van der Waals surface area contributed by atoms with Gasteiger partial charge in [0.05, 0.1) is 12.0 Å². The smallest absolute Gasteiger partial charge is 0.305 e. The highest BCUT2D eigenvalue weighted by atomic mass is 16.5. The molecule has 0 saturated carbocycles. The van der Waals surface area contributed by atoms with Gasteiger partial charge in [-0.25, -0.2) is 0 Å². The van der Waals surface area contributed by atoms with Crippen molar-refractivity contribution in [2.24, 2.45) is 0 Å². The van der Waals surface area contributed by atoms with E-state index in [0.717, 1.165) is 0 Å². The fourth-order valence-electron chi connectivity index (χ4n) is 2.96. The van der Waals surface area contributed by atoms with E-state index in [9.17, 15) is 4.79 Å². The Labute approximate surface area is 120 Å². The first-order valence-electron chi connectivity index (χ1n) is 6.99. The summed E-state index contributed by atoms with van der Waals surface area (Å²) in [5.41, 5.74) is 4.56. The van der Waals surface area contributed by atoms with Crippen molar-refractivity contribution in [3.8, 4) is 0 Å². The number of ether oxygens (including phenoxy) is 2. The van der Waals surface area contributed by atoms with Crippen molar-refractivity contribution < 1.29 is 14.3 Å². The minimum atomic E-state index is -0.347. The van der Waals surface area contributed by atoms with E-state index < -0.39 is 0 Å². The highest BCUT2D eigenvalue weighted by Crippen LogP contribution is 2.46. The first-order chi connectivity index (χ1) is 9.56. The SMILES string of the molecule is CCC(=O)OCC1(COC)C(C)=C(C)c2ccccc21. The monoisotopic (exact) mass is 274 g/mol. The molecule has 1 aliphatic rings. The van der Waals surface area contributed by atoms with Crippen molar-refractivity contribution in [1.82, 2.24) is 0 Å². The number of benzene rings is 1. The topological polar surface area (TPSA) is 35.5 Å².